The maximum atomic E-state index is 10.2. The molecule has 0 amide bonds. The number of fused-ring (bicyclic) bond motifs is 3. The van der Waals surface area contributed by atoms with Gasteiger partial charge in [-0.15, -0.1) is 0 Å². The third-order valence-corrected chi connectivity index (χ3v) is 6.17. The van der Waals surface area contributed by atoms with Gasteiger partial charge in [0.1, 0.15) is 0 Å². The SMILES string of the molecule is CC1CCC(O)C2=CC[C@@H]3[C@H](C21C)C3(C)C. The van der Waals surface area contributed by atoms with Crippen molar-refractivity contribution in [2.45, 2.75) is 53.1 Å². The molecular weight excluding hydrogens is 196 g/mol. The molecule has 0 spiro atoms. The van der Waals surface area contributed by atoms with Crippen molar-refractivity contribution in [2.75, 3.05) is 0 Å². The Morgan fingerprint density at radius 2 is 1.94 bits per heavy atom. The lowest BCUT2D eigenvalue weighted by Gasteiger charge is -2.47. The number of rotatable bonds is 0. The molecule has 90 valence electrons. The Morgan fingerprint density at radius 3 is 2.62 bits per heavy atom. The van der Waals surface area contributed by atoms with Crippen LogP contribution in [0.3, 0.4) is 0 Å². The highest BCUT2D eigenvalue weighted by Gasteiger charge is 2.68. The summed E-state index contributed by atoms with van der Waals surface area (Å²) in [7, 11) is 0. The van der Waals surface area contributed by atoms with Crippen molar-refractivity contribution in [1.82, 2.24) is 0 Å². The number of allylic oxidation sites excluding steroid dienone is 1. The largest absolute Gasteiger partial charge is 0.389 e. The Balaban J connectivity index is 2.04. The van der Waals surface area contributed by atoms with E-state index >= 15 is 0 Å². The normalized spacial score (nSPS) is 53.7. The number of hydrogen-bond acceptors (Lipinski definition) is 1. The number of aliphatic hydroxyl groups excluding tert-OH is 1. The molecule has 3 aliphatic rings. The van der Waals surface area contributed by atoms with Crippen molar-refractivity contribution in [3.8, 4) is 0 Å². The van der Waals surface area contributed by atoms with Crippen LogP contribution in [0, 0.1) is 28.6 Å². The zero-order chi connectivity index (χ0) is 11.7. The van der Waals surface area contributed by atoms with E-state index in [2.05, 4.69) is 33.8 Å². The summed E-state index contributed by atoms with van der Waals surface area (Å²) < 4.78 is 0. The van der Waals surface area contributed by atoms with Gasteiger partial charge in [-0.2, -0.15) is 0 Å². The fourth-order valence-corrected chi connectivity index (χ4v) is 4.98. The second-order valence-electron chi connectivity index (χ2n) is 7.08. The van der Waals surface area contributed by atoms with E-state index in [1.807, 2.05) is 0 Å². The van der Waals surface area contributed by atoms with E-state index in [0.717, 1.165) is 24.2 Å². The summed E-state index contributed by atoms with van der Waals surface area (Å²) in [5.74, 6) is 2.41. The molecule has 3 unspecified atom stereocenters. The van der Waals surface area contributed by atoms with Gasteiger partial charge in [0, 0.05) is 0 Å². The van der Waals surface area contributed by atoms with Crippen LogP contribution in [-0.4, -0.2) is 11.2 Å². The van der Waals surface area contributed by atoms with Gasteiger partial charge in [0.15, 0.2) is 0 Å². The van der Waals surface area contributed by atoms with E-state index in [9.17, 15) is 5.11 Å². The first kappa shape index (κ1) is 10.8. The van der Waals surface area contributed by atoms with Crippen LogP contribution in [0.5, 0.6) is 0 Å². The summed E-state index contributed by atoms with van der Waals surface area (Å²) >= 11 is 0. The molecule has 16 heavy (non-hydrogen) atoms. The summed E-state index contributed by atoms with van der Waals surface area (Å²) in [5.41, 5.74) is 2.15. The smallest absolute Gasteiger partial charge is 0.0755 e. The highest BCUT2D eigenvalue weighted by Crippen LogP contribution is 2.74. The van der Waals surface area contributed by atoms with Crippen molar-refractivity contribution < 1.29 is 5.11 Å². The first-order valence-electron chi connectivity index (χ1n) is 6.78. The molecule has 3 aliphatic carbocycles. The Morgan fingerprint density at radius 1 is 1.25 bits per heavy atom. The minimum Gasteiger partial charge on any atom is -0.389 e. The zero-order valence-electron chi connectivity index (χ0n) is 11.0. The van der Waals surface area contributed by atoms with Crippen molar-refractivity contribution in [2.24, 2.45) is 28.6 Å². The van der Waals surface area contributed by atoms with Crippen molar-refractivity contribution in [3.05, 3.63) is 11.6 Å². The van der Waals surface area contributed by atoms with E-state index in [4.69, 9.17) is 0 Å². The molecule has 3 rings (SSSR count). The summed E-state index contributed by atoms with van der Waals surface area (Å²) in [6.07, 6.45) is 5.58. The summed E-state index contributed by atoms with van der Waals surface area (Å²) in [6, 6.07) is 0. The standard InChI is InChI=1S/C15H24O/c1-9-5-8-12(16)10-6-7-11-13(14(11,2)3)15(9,10)4/h6,9,11-13,16H,5,7-8H2,1-4H3/t9?,11-,12?,13+,15?/m1/s1. The van der Waals surface area contributed by atoms with Gasteiger partial charge in [0.2, 0.25) is 0 Å². The van der Waals surface area contributed by atoms with Crippen LogP contribution in [0.4, 0.5) is 0 Å². The van der Waals surface area contributed by atoms with E-state index in [-0.39, 0.29) is 11.5 Å². The van der Waals surface area contributed by atoms with E-state index in [1.54, 1.807) is 0 Å². The summed E-state index contributed by atoms with van der Waals surface area (Å²) in [5, 5.41) is 10.2. The highest BCUT2D eigenvalue weighted by atomic mass is 16.3. The molecule has 1 heteroatoms. The first-order valence-corrected chi connectivity index (χ1v) is 6.78. The Hall–Kier alpha value is -0.300. The lowest BCUT2D eigenvalue weighted by Crippen LogP contribution is -2.42. The van der Waals surface area contributed by atoms with Gasteiger partial charge in [-0.3, -0.25) is 0 Å². The highest BCUT2D eigenvalue weighted by molar-refractivity contribution is 5.34. The van der Waals surface area contributed by atoms with Crippen LogP contribution >= 0.6 is 0 Å². The molecule has 0 radical (unpaired) electrons. The maximum absolute atomic E-state index is 10.2. The molecule has 2 saturated carbocycles. The van der Waals surface area contributed by atoms with Crippen molar-refractivity contribution >= 4 is 0 Å². The predicted molar refractivity (Wildman–Crippen MR) is 66.0 cm³/mol. The number of aliphatic hydroxyl groups is 1. The molecule has 1 nitrogen and oxygen atoms in total. The van der Waals surface area contributed by atoms with Gasteiger partial charge in [0.05, 0.1) is 6.10 Å². The Kier molecular flexibility index (Phi) is 1.98. The molecule has 1 N–H and O–H groups in total. The molecule has 0 heterocycles. The van der Waals surface area contributed by atoms with E-state index in [1.165, 1.54) is 18.4 Å². The van der Waals surface area contributed by atoms with E-state index < -0.39 is 0 Å². The molecule has 0 aromatic rings. The van der Waals surface area contributed by atoms with Gasteiger partial charge in [0.25, 0.3) is 0 Å². The molecule has 0 aliphatic heterocycles. The summed E-state index contributed by atoms with van der Waals surface area (Å²) in [6.45, 7) is 9.63. The molecule has 0 aromatic carbocycles. The first-order chi connectivity index (χ1) is 7.40. The monoisotopic (exact) mass is 220 g/mol. The average molecular weight is 220 g/mol. The predicted octanol–water partition coefficient (Wildman–Crippen LogP) is 3.39. The molecule has 0 bridgehead atoms. The van der Waals surface area contributed by atoms with Gasteiger partial charge in [-0.05, 0) is 53.4 Å². The van der Waals surface area contributed by atoms with Gasteiger partial charge < -0.3 is 5.11 Å². The minimum atomic E-state index is -0.154. The molecule has 0 aromatic heterocycles. The third kappa shape index (κ3) is 1.06. The molecular formula is C15H24O. The Bertz CT molecular complexity index is 354. The van der Waals surface area contributed by atoms with Crippen molar-refractivity contribution in [1.29, 1.82) is 0 Å². The van der Waals surface area contributed by atoms with E-state index in [0.29, 0.717) is 5.41 Å². The molecule has 2 fully saturated rings. The molecule has 5 atom stereocenters. The van der Waals surface area contributed by atoms with Crippen LogP contribution in [-0.2, 0) is 0 Å². The van der Waals surface area contributed by atoms with Gasteiger partial charge in [-0.25, -0.2) is 0 Å². The van der Waals surface area contributed by atoms with Gasteiger partial charge >= 0.3 is 0 Å². The Labute approximate surface area is 98.9 Å². The second-order valence-corrected chi connectivity index (χ2v) is 7.08. The number of hydrogen-bond donors (Lipinski definition) is 1. The fourth-order valence-electron chi connectivity index (χ4n) is 4.98. The van der Waals surface area contributed by atoms with Crippen LogP contribution in [0.2, 0.25) is 0 Å². The quantitative estimate of drug-likeness (QED) is 0.620. The maximum Gasteiger partial charge on any atom is 0.0755 e. The van der Waals surface area contributed by atoms with Crippen LogP contribution < -0.4 is 0 Å². The third-order valence-electron chi connectivity index (χ3n) is 6.17. The fraction of sp³-hybridized carbons (Fsp3) is 0.867. The summed E-state index contributed by atoms with van der Waals surface area (Å²) in [4.78, 5) is 0. The lowest BCUT2D eigenvalue weighted by atomic mass is 9.58. The molecule has 0 saturated heterocycles. The van der Waals surface area contributed by atoms with Crippen molar-refractivity contribution in [3.63, 3.8) is 0 Å². The topological polar surface area (TPSA) is 20.2 Å². The van der Waals surface area contributed by atoms with Crippen LogP contribution in [0.25, 0.3) is 0 Å². The van der Waals surface area contributed by atoms with Crippen LogP contribution in [0.15, 0.2) is 11.6 Å². The minimum absolute atomic E-state index is 0.154. The second kappa shape index (κ2) is 2.93. The lowest BCUT2D eigenvalue weighted by molar-refractivity contribution is 0.0585. The van der Waals surface area contributed by atoms with Gasteiger partial charge in [-0.1, -0.05) is 33.8 Å². The van der Waals surface area contributed by atoms with Crippen LogP contribution in [0.1, 0.15) is 47.0 Å². The average Bonchev–Trinajstić information content (AvgIpc) is 2.78. The zero-order valence-corrected chi connectivity index (χ0v) is 11.0.